The quantitative estimate of drug-likeness (QED) is 0.583. The number of nitrogens with zero attached hydrogens (tertiary/aromatic N) is 5. The number of nitrogens with one attached hydrogen (secondary N) is 1. The number of ether oxygens (including phenoxy) is 1. The third kappa shape index (κ3) is 7.27. The predicted molar refractivity (Wildman–Crippen MR) is 149 cm³/mol. The number of urea groups is 1. The highest BCUT2D eigenvalue weighted by atomic mass is 35.5. The van der Waals surface area contributed by atoms with Gasteiger partial charge in [-0.05, 0) is 55.1 Å². The van der Waals surface area contributed by atoms with Crippen molar-refractivity contribution in [2.24, 2.45) is 5.92 Å². The van der Waals surface area contributed by atoms with E-state index in [2.05, 4.69) is 32.1 Å². The number of likely N-dealkylation sites (tertiary alicyclic amines) is 1. The molecule has 200 valence electrons. The fraction of sp³-hybridized carbons (Fsp3) is 0.556. The normalized spacial score (nSPS) is 21.7. The van der Waals surface area contributed by atoms with Gasteiger partial charge in [-0.15, -0.1) is 0 Å². The standard InChI is InChI=1S/C27H36Cl2N6O2/c28-24-5-4-23(16-25(24)29)31-27(36)35-10-8-32(9-11-35)19-22-2-1-7-33(20-22)18-21-3-6-26(30-17-21)34-12-14-37-15-13-34/h3-6,16-17,22H,1-2,7-15,18-20H2,(H,31,36)/t22-/m0/s1. The second-order valence-corrected chi connectivity index (χ2v) is 11.0. The number of pyridine rings is 1. The van der Waals surface area contributed by atoms with Crippen molar-refractivity contribution < 1.29 is 9.53 Å². The van der Waals surface area contributed by atoms with E-state index in [4.69, 9.17) is 32.9 Å². The highest BCUT2D eigenvalue weighted by molar-refractivity contribution is 6.42. The van der Waals surface area contributed by atoms with Crippen LogP contribution in [0.25, 0.3) is 0 Å². The molecule has 1 atom stereocenters. The van der Waals surface area contributed by atoms with Crippen LogP contribution in [0.15, 0.2) is 36.5 Å². The summed E-state index contributed by atoms with van der Waals surface area (Å²) in [4.78, 5) is 26.7. The van der Waals surface area contributed by atoms with E-state index in [-0.39, 0.29) is 6.03 Å². The van der Waals surface area contributed by atoms with E-state index in [1.54, 1.807) is 18.2 Å². The first kappa shape index (κ1) is 26.5. The number of benzene rings is 1. The zero-order valence-electron chi connectivity index (χ0n) is 21.2. The molecule has 0 aliphatic carbocycles. The molecule has 2 amide bonds. The molecule has 3 aliphatic rings. The van der Waals surface area contributed by atoms with Crippen LogP contribution in [0.4, 0.5) is 16.3 Å². The van der Waals surface area contributed by atoms with Crippen molar-refractivity contribution in [3.8, 4) is 0 Å². The molecule has 1 aromatic heterocycles. The fourth-order valence-corrected chi connectivity index (χ4v) is 5.77. The van der Waals surface area contributed by atoms with Crippen LogP contribution < -0.4 is 10.2 Å². The first-order valence-corrected chi connectivity index (χ1v) is 14.0. The van der Waals surface area contributed by atoms with Gasteiger partial charge in [-0.2, -0.15) is 0 Å². The van der Waals surface area contributed by atoms with Crippen molar-refractivity contribution in [3.63, 3.8) is 0 Å². The number of rotatable bonds is 6. The summed E-state index contributed by atoms with van der Waals surface area (Å²) >= 11 is 12.0. The molecule has 37 heavy (non-hydrogen) atoms. The monoisotopic (exact) mass is 546 g/mol. The summed E-state index contributed by atoms with van der Waals surface area (Å²) in [7, 11) is 0. The molecule has 8 nitrogen and oxygen atoms in total. The second-order valence-electron chi connectivity index (χ2n) is 10.2. The predicted octanol–water partition coefficient (Wildman–Crippen LogP) is 4.29. The lowest BCUT2D eigenvalue weighted by molar-refractivity contribution is 0.0984. The lowest BCUT2D eigenvalue weighted by Crippen LogP contribution is -2.52. The maximum absolute atomic E-state index is 12.7. The highest BCUT2D eigenvalue weighted by Crippen LogP contribution is 2.25. The number of morpholine rings is 1. The van der Waals surface area contributed by atoms with Gasteiger partial charge in [0.2, 0.25) is 0 Å². The minimum Gasteiger partial charge on any atom is -0.378 e. The maximum Gasteiger partial charge on any atom is 0.321 e. The van der Waals surface area contributed by atoms with Crippen LogP contribution in [-0.2, 0) is 11.3 Å². The van der Waals surface area contributed by atoms with Crippen molar-refractivity contribution in [1.29, 1.82) is 0 Å². The molecule has 4 heterocycles. The van der Waals surface area contributed by atoms with Crippen LogP contribution in [0, 0.1) is 5.92 Å². The third-order valence-electron chi connectivity index (χ3n) is 7.50. The van der Waals surface area contributed by atoms with Gasteiger partial charge >= 0.3 is 6.03 Å². The van der Waals surface area contributed by atoms with Crippen molar-refractivity contribution in [2.75, 3.05) is 82.3 Å². The molecule has 3 saturated heterocycles. The summed E-state index contributed by atoms with van der Waals surface area (Å²) < 4.78 is 5.45. The molecule has 0 unspecified atom stereocenters. The van der Waals surface area contributed by atoms with Gasteiger partial charge in [0.1, 0.15) is 5.82 Å². The molecule has 0 spiro atoms. The molecule has 0 saturated carbocycles. The Bertz CT molecular complexity index is 1040. The topological polar surface area (TPSA) is 64.2 Å². The van der Waals surface area contributed by atoms with Crippen LogP contribution in [0.3, 0.4) is 0 Å². The van der Waals surface area contributed by atoms with Gasteiger partial charge in [0, 0.05) is 70.8 Å². The number of amides is 2. The zero-order chi connectivity index (χ0) is 25.6. The largest absolute Gasteiger partial charge is 0.378 e. The van der Waals surface area contributed by atoms with Crippen LogP contribution in [-0.4, -0.2) is 97.8 Å². The Labute approximate surface area is 229 Å². The number of carbonyl (C=O) groups excluding carboxylic acids is 1. The Morgan fingerprint density at radius 1 is 0.973 bits per heavy atom. The molecule has 1 aromatic carbocycles. The summed E-state index contributed by atoms with van der Waals surface area (Å²) in [6.45, 7) is 10.9. The minimum atomic E-state index is -0.0878. The van der Waals surface area contributed by atoms with Crippen LogP contribution in [0.2, 0.25) is 10.0 Å². The maximum atomic E-state index is 12.7. The molecule has 3 aliphatic heterocycles. The lowest BCUT2D eigenvalue weighted by Gasteiger charge is -2.39. The highest BCUT2D eigenvalue weighted by Gasteiger charge is 2.26. The smallest absolute Gasteiger partial charge is 0.321 e. The van der Waals surface area contributed by atoms with Gasteiger partial charge in [-0.3, -0.25) is 9.80 Å². The van der Waals surface area contributed by atoms with E-state index in [1.807, 2.05) is 11.1 Å². The second kappa shape index (κ2) is 12.6. The number of piperidine rings is 1. The number of carbonyl (C=O) groups is 1. The van der Waals surface area contributed by atoms with Crippen LogP contribution >= 0.6 is 23.2 Å². The van der Waals surface area contributed by atoms with E-state index in [9.17, 15) is 4.79 Å². The van der Waals surface area contributed by atoms with E-state index in [1.165, 1.54) is 18.4 Å². The summed E-state index contributed by atoms with van der Waals surface area (Å²) in [6.07, 6.45) is 4.54. The summed E-state index contributed by atoms with van der Waals surface area (Å²) in [6, 6.07) is 9.44. The summed E-state index contributed by atoms with van der Waals surface area (Å²) in [5.41, 5.74) is 1.94. The van der Waals surface area contributed by atoms with Crippen molar-refractivity contribution in [2.45, 2.75) is 19.4 Å². The molecular formula is C27H36Cl2N6O2. The Hall–Kier alpha value is -2.10. The molecule has 1 N–H and O–H groups in total. The van der Waals surface area contributed by atoms with Crippen molar-refractivity contribution in [1.82, 2.24) is 19.7 Å². The van der Waals surface area contributed by atoms with Gasteiger partial charge in [-0.1, -0.05) is 29.3 Å². The molecule has 10 heteroatoms. The van der Waals surface area contributed by atoms with Gasteiger partial charge in [0.25, 0.3) is 0 Å². The number of aromatic nitrogens is 1. The number of hydrogen-bond acceptors (Lipinski definition) is 6. The van der Waals surface area contributed by atoms with Gasteiger partial charge < -0.3 is 19.9 Å². The molecule has 5 rings (SSSR count). The Balaban J connectivity index is 1.05. The van der Waals surface area contributed by atoms with E-state index < -0.39 is 0 Å². The molecular weight excluding hydrogens is 511 g/mol. The Morgan fingerprint density at radius 2 is 1.78 bits per heavy atom. The van der Waals surface area contributed by atoms with Crippen molar-refractivity contribution >= 4 is 40.7 Å². The molecule has 0 radical (unpaired) electrons. The molecule has 0 bridgehead atoms. The average Bonchev–Trinajstić information content (AvgIpc) is 2.92. The molecule has 2 aromatic rings. The van der Waals surface area contributed by atoms with Crippen molar-refractivity contribution in [3.05, 3.63) is 52.1 Å². The Morgan fingerprint density at radius 3 is 2.51 bits per heavy atom. The van der Waals surface area contributed by atoms with E-state index >= 15 is 0 Å². The fourth-order valence-electron chi connectivity index (χ4n) is 5.47. The zero-order valence-corrected chi connectivity index (χ0v) is 22.8. The van der Waals surface area contributed by atoms with Crippen LogP contribution in [0.1, 0.15) is 18.4 Å². The average molecular weight is 548 g/mol. The first-order chi connectivity index (χ1) is 18.0. The summed E-state index contributed by atoms with van der Waals surface area (Å²) in [5, 5.41) is 3.85. The first-order valence-electron chi connectivity index (χ1n) is 13.3. The van der Waals surface area contributed by atoms with Gasteiger partial charge in [-0.25, -0.2) is 9.78 Å². The lowest BCUT2D eigenvalue weighted by atomic mass is 9.96. The number of piperazine rings is 1. The van der Waals surface area contributed by atoms with Gasteiger partial charge in [0.15, 0.2) is 0 Å². The number of hydrogen-bond donors (Lipinski definition) is 1. The number of halogens is 2. The number of anilines is 2. The SMILES string of the molecule is O=C(Nc1ccc(Cl)c(Cl)c1)N1CCN(C[C@@H]2CCCN(Cc3ccc(N4CCOCC4)nc3)C2)CC1. The van der Waals surface area contributed by atoms with E-state index in [0.717, 1.165) is 84.5 Å². The Kier molecular flexibility index (Phi) is 9.05. The minimum absolute atomic E-state index is 0.0878. The molecule has 3 fully saturated rings. The third-order valence-corrected chi connectivity index (χ3v) is 8.24. The summed E-state index contributed by atoms with van der Waals surface area (Å²) in [5.74, 6) is 1.71. The van der Waals surface area contributed by atoms with Crippen LogP contribution in [0.5, 0.6) is 0 Å². The van der Waals surface area contributed by atoms with Gasteiger partial charge in [0.05, 0.1) is 23.3 Å². The van der Waals surface area contributed by atoms with E-state index in [0.29, 0.717) is 21.7 Å².